The standard InChI is InChI=1S/C16H34N4O2/c1-12(2)19-14(17-8)18-10-9-11-20(13(3)4)15(21)22-16(5,6)7/h12-13H,9-11H2,1-8H3,(H2,17,18,19). The Morgan fingerprint density at radius 2 is 1.82 bits per heavy atom. The summed E-state index contributed by atoms with van der Waals surface area (Å²) in [6.45, 7) is 15.2. The Morgan fingerprint density at radius 1 is 1.23 bits per heavy atom. The Kier molecular flexibility index (Phi) is 8.90. The molecule has 0 spiro atoms. The zero-order valence-corrected chi connectivity index (χ0v) is 15.5. The monoisotopic (exact) mass is 314 g/mol. The smallest absolute Gasteiger partial charge is 0.410 e. The van der Waals surface area contributed by atoms with Gasteiger partial charge in [-0.3, -0.25) is 4.99 Å². The predicted molar refractivity (Wildman–Crippen MR) is 92.3 cm³/mol. The summed E-state index contributed by atoms with van der Waals surface area (Å²) in [5.74, 6) is 0.781. The molecule has 0 aliphatic carbocycles. The molecule has 0 aromatic heterocycles. The lowest BCUT2D eigenvalue weighted by Gasteiger charge is -2.30. The maximum Gasteiger partial charge on any atom is 0.410 e. The minimum atomic E-state index is -0.467. The van der Waals surface area contributed by atoms with Crippen LogP contribution in [-0.2, 0) is 4.74 Å². The fourth-order valence-electron chi connectivity index (χ4n) is 1.81. The molecule has 2 N–H and O–H groups in total. The van der Waals surface area contributed by atoms with Crippen LogP contribution >= 0.6 is 0 Å². The topological polar surface area (TPSA) is 66.0 Å². The van der Waals surface area contributed by atoms with E-state index in [2.05, 4.69) is 29.5 Å². The van der Waals surface area contributed by atoms with Gasteiger partial charge in [0.05, 0.1) is 0 Å². The molecular formula is C16H34N4O2. The molecule has 130 valence electrons. The number of carbonyl (C=O) groups excluding carboxylic acids is 1. The minimum absolute atomic E-state index is 0.114. The van der Waals surface area contributed by atoms with Gasteiger partial charge in [-0.05, 0) is 54.9 Å². The van der Waals surface area contributed by atoms with E-state index in [0.29, 0.717) is 12.6 Å². The number of amides is 1. The maximum atomic E-state index is 12.2. The molecule has 6 nitrogen and oxygen atoms in total. The second kappa shape index (κ2) is 9.54. The van der Waals surface area contributed by atoms with Crippen LogP contribution < -0.4 is 10.6 Å². The number of carbonyl (C=O) groups is 1. The van der Waals surface area contributed by atoms with Crippen molar-refractivity contribution >= 4 is 12.1 Å². The third-order valence-corrected chi connectivity index (χ3v) is 2.77. The van der Waals surface area contributed by atoms with Crippen LogP contribution in [0.5, 0.6) is 0 Å². The average Bonchev–Trinajstić information content (AvgIpc) is 2.33. The van der Waals surface area contributed by atoms with Gasteiger partial charge in [-0.25, -0.2) is 4.79 Å². The van der Waals surface area contributed by atoms with Gasteiger partial charge < -0.3 is 20.3 Å². The molecule has 0 saturated carbocycles. The number of guanidine groups is 1. The van der Waals surface area contributed by atoms with Gasteiger partial charge in [-0.2, -0.15) is 0 Å². The third-order valence-electron chi connectivity index (χ3n) is 2.77. The number of hydrogen-bond acceptors (Lipinski definition) is 3. The molecule has 0 saturated heterocycles. The summed E-state index contributed by atoms with van der Waals surface area (Å²) in [5, 5.41) is 6.47. The van der Waals surface area contributed by atoms with Gasteiger partial charge in [0.15, 0.2) is 5.96 Å². The van der Waals surface area contributed by atoms with Crippen LogP contribution in [0.2, 0.25) is 0 Å². The van der Waals surface area contributed by atoms with Crippen LogP contribution in [0, 0.1) is 0 Å². The molecule has 0 unspecified atom stereocenters. The number of ether oxygens (including phenoxy) is 1. The van der Waals surface area contributed by atoms with E-state index < -0.39 is 5.60 Å². The highest BCUT2D eigenvalue weighted by Crippen LogP contribution is 2.12. The van der Waals surface area contributed by atoms with Crippen molar-refractivity contribution in [2.45, 2.75) is 72.6 Å². The summed E-state index contributed by atoms with van der Waals surface area (Å²) in [6, 6.07) is 0.447. The zero-order valence-electron chi connectivity index (χ0n) is 15.5. The Labute approximate surface area is 135 Å². The first-order valence-corrected chi connectivity index (χ1v) is 8.03. The van der Waals surface area contributed by atoms with E-state index in [4.69, 9.17) is 4.74 Å². The fraction of sp³-hybridized carbons (Fsp3) is 0.875. The van der Waals surface area contributed by atoms with Gasteiger partial charge in [0.1, 0.15) is 5.60 Å². The molecule has 6 heteroatoms. The summed E-state index contributed by atoms with van der Waals surface area (Å²) >= 11 is 0. The van der Waals surface area contributed by atoms with E-state index in [1.807, 2.05) is 34.6 Å². The van der Waals surface area contributed by atoms with Crippen LogP contribution in [0.4, 0.5) is 4.79 Å². The van der Waals surface area contributed by atoms with E-state index in [1.54, 1.807) is 11.9 Å². The third kappa shape index (κ3) is 9.47. The van der Waals surface area contributed by atoms with Crippen molar-refractivity contribution in [3.8, 4) is 0 Å². The fourth-order valence-corrected chi connectivity index (χ4v) is 1.81. The lowest BCUT2D eigenvalue weighted by atomic mass is 10.2. The molecule has 0 aromatic carbocycles. The van der Waals surface area contributed by atoms with Gasteiger partial charge in [0.2, 0.25) is 0 Å². The van der Waals surface area contributed by atoms with Crippen LogP contribution in [-0.4, -0.2) is 54.8 Å². The van der Waals surface area contributed by atoms with E-state index in [1.165, 1.54) is 0 Å². The molecule has 22 heavy (non-hydrogen) atoms. The van der Waals surface area contributed by atoms with E-state index >= 15 is 0 Å². The highest BCUT2D eigenvalue weighted by molar-refractivity contribution is 5.79. The molecule has 0 aliphatic heterocycles. The highest BCUT2D eigenvalue weighted by Gasteiger charge is 2.23. The Morgan fingerprint density at radius 3 is 2.23 bits per heavy atom. The first-order valence-electron chi connectivity index (χ1n) is 8.03. The van der Waals surface area contributed by atoms with Crippen molar-refractivity contribution < 1.29 is 9.53 Å². The molecular weight excluding hydrogens is 280 g/mol. The van der Waals surface area contributed by atoms with Crippen LogP contribution in [0.15, 0.2) is 4.99 Å². The number of nitrogens with zero attached hydrogens (tertiary/aromatic N) is 2. The maximum absolute atomic E-state index is 12.2. The van der Waals surface area contributed by atoms with Crippen molar-refractivity contribution in [3.63, 3.8) is 0 Å². The van der Waals surface area contributed by atoms with Crippen molar-refractivity contribution in [1.29, 1.82) is 0 Å². The highest BCUT2D eigenvalue weighted by atomic mass is 16.6. The lowest BCUT2D eigenvalue weighted by Crippen LogP contribution is -2.44. The summed E-state index contributed by atoms with van der Waals surface area (Å²) < 4.78 is 5.44. The minimum Gasteiger partial charge on any atom is -0.444 e. The van der Waals surface area contributed by atoms with E-state index in [9.17, 15) is 4.79 Å². The first kappa shape index (κ1) is 20.5. The molecule has 0 radical (unpaired) electrons. The van der Waals surface area contributed by atoms with Crippen molar-refractivity contribution in [2.75, 3.05) is 20.1 Å². The average molecular weight is 314 g/mol. The van der Waals surface area contributed by atoms with Gasteiger partial charge in [-0.1, -0.05) is 0 Å². The second-order valence-electron chi connectivity index (χ2n) is 6.92. The van der Waals surface area contributed by atoms with Gasteiger partial charge >= 0.3 is 6.09 Å². The van der Waals surface area contributed by atoms with Gasteiger partial charge in [0.25, 0.3) is 0 Å². The molecule has 0 bridgehead atoms. The van der Waals surface area contributed by atoms with E-state index in [0.717, 1.165) is 18.9 Å². The number of rotatable bonds is 6. The molecule has 0 fully saturated rings. The van der Waals surface area contributed by atoms with Crippen LogP contribution in [0.1, 0.15) is 54.9 Å². The summed E-state index contributed by atoms with van der Waals surface area (Å²) in [5.41, 5.74) is -0.467. The summed E-state index contributed by atoms with van der Waals surface area (Å²) in [7, 11) is 1.75. The Balaban J connectivity index is 4.30. The molecule has 0 heterocycles. The Hall–Kier alpha value is -1.46. The normalized spacial score (nSPS) is 12.5. The van der Waals surface area contributed by atoms with Crippen LogP contribution in [0.3, 0.4) is 0 Å². The predicted octanol–water partition coefficient (Wildman–Crippen LogP) is 2.60. The molecule has 0 aromatic rings. The number of nitrogens with one attached hydrogen (secondary N) is 2. The van der Waals surface area contributed by atoms with Gasteiger partial charge in [-0.15, -0.1) is 0 Å². The number of aliphatic imine (C=N–C) groups is 1. The number of hydrogen-bond donors (Lipinski definition) is 2. The summed E-state index contributed by atoms with van der Waals surface area (Å²) in [6.07, 6.45) is 0.572. The molecule has 0 aliphatic rings. The Bertz CT molecular complexity index is 360. The zero-order chi connectivity index (χ0) is 17.3. The summed E-state index contributed by atoms with van der Waals surface area (Å²) in [4.78, 5) is 18.1. The first-order chi connectivity index (χ1) is 10.1. The lowest BCUT2D eigenvalue weighted by molar-refractivity contribution is 0.0190. The van der Waals surface area contributed by atoms with E-state index in [-0.39, 0.29) is 12.1 Å². The van der Waals surface area contributed by atoms with Crippen molar-refractivity contribution in [2.24, 2.45) is 4.99 Å². The van der Waals surface area contributed by atoms with Gasteiger partial charge in [0, 0.05) is 32.2 Å². The second-order valence-corrected chi connectivity index (χ2v) is 6.92. The molecule has 1 amide bonds. The van der Waals surface area contributed by atoms with Crippen molar-refractivity contribution in [1.82, 2.24) is 15.5 Å². The van der Waals surface area contributed by atoms with Crippen molar-refractivity contribution in [3.05, 3.63) is 0 Å². The quantitative estimate of drug-likeness (QED) is 0.449. The molecule has 0 atom stereocenters. The van der Waals surface area contributed by atoms with Crippen LogP contribution in [0.25, 0.3) is 0 Å². The molecule has 0 rings (SSSR count). The largest absolute Gasteiger partial charge is 0.444 e. The SMILES string of the molecule is CN=C(NCCCN(C(=O)OC(C)(C)C)C(C)C)NC(C)C.